The minimum Gasteiger partial charge on any atom is -0.481 e. The summed E-state index contributed by atoms with van der Waals surface area (Å²) in [6.45, 7) is 5.05. The highest BCUT2D eigenvalue weighted by Gasteiger charge is 2.39. The number of imide groups is 1. The van der Waals surface area contributed by atoms with Crippen LogP contribution in [0.25, 0.3) is 11.1 Å². The molecule has 10 amide bonds. The number of primary amides is 1. The lowest BCUT2D eigenvalue weighted by Gasteiger charge is -2.41. The Morgan fingerprint density at radius 3 is 1.94 bits per heavy atom. The molecule has 0 aliphatic carbocycles. The van der Waals surface area contributed by atoms with Crippen LogP contribution in [0, 0.1) is 17.0 Å². The van der Waals surface area contributed by atoms with Crippen molar-refractivity contribution < 1.29 is 81.6 Å². The lowest BCUT2D eigenvalue weighted by atomic mass is 9.82. The summed E-state index contributed by atoms with van der Waals surface area (Å²) in [6, 6.07) is 4.40. The molecule has 0 spiro atoms. The zero-order chi connectivity index (χ0) is 58.9. The van der Waals surface area contributed by atoms with Crippen molar-refractivity contribution in [1.82, 2.24) is 46.3 Å². The summed E-state index contributed by atoms with van der Waals surface area (Å²) < 4.78 is 31.7. The molecule has 11 N–H and O–H groups in total. The van der Waals surface area contributed by atoms with Gasteiger partial charge in [0.05, 0.1) is 12.5 Å². The van der Waals surface area contributed by atoms with Gasteiger partial charge in [-0.15, -0.1) is 0 Å². The zero-order valence-corrected chi connectivity index (χ0v) is 43.9. The summed E-state index contributed by atoms with van der Waals surface area (Å²) in [7, 11) is 0. The molecule has 0 unspecified atom stereocenters. The fraction of sp³-hybridized carbons (Fsp3) is 0.423. The molecule has 3 aromatic rings. The fourth-order valence-electron chi connectivity index (χ4n) is 8.32. The molecule has 25 nitrogen and oxygen atoms in total. The highest BCUT2D eigenvalue weighted by molar-refractivity contribution is 6.14. The zero-order valence-electron chi connectivity index (χ0n) is 43.9. The van der Waals surface area contributed by atoms with Gasteiger partial charge in [-0.05, 0) is 61.9 Å². The van der Waals surface area contributed by atoms with E-state index in [0.717, 1.165) is 35.9 Å². The van der Waals surface area contributed by atoms with Crippen LogP contribution in [-0.4, -0.2) is 157 Å². The lowest BCUT2D eigenvalue weighted by Crippen LogP contribution is -2.58. The number of aliphatic hydroxyl groups excluding tert-OH is 1. The van der Waals surface area contributed by atoms with Gasteiger partial charge in [0.1, 0.15) is 55.0 Å². The van der Waals surface area contributed by atoms with Crippen molar-refractivity contribution in [3.8, 4) is 11.1 Å². The van der Waals surface area contributed by atoms with Crippen LogP contribution in [-0.2, 0) is 64.1 Å². The highest BCUT2D eigenvalue weighted by atomic mass is 19.1. The number of rotatable bonds is 29. The summed E-state index contributed by atoms with van der Waals surface area (Å²) in [5.74, 6) is -13.9. The van der Waals surface area contributed by atoms with Crippen molar-refractivity contribution in [2.75, 3.05) is 26.2 Å². The van der Waals surface area contributed by atoms with Crippen LogP contribution in [0.15, 0.2) is 72.9 Å². The Kier molecular flexibility index (Phi) is 22.6. The van der Waals surface area contributed by atoms with Gasteiger partial charge in [-0.1, -0.05) is 51.1 Å². The molecule has 27 heteroatoms. The van der Waals surface area contributed by atoms with Crippen LogP contribution >= 0.6 is 0 Å². The van der Waals surface area contributed by atoms with Gasteiger partial charge >= 0.3 is 11.9 Å². The standard InChI is InChI=1S/C52H64F2N10O15/c1-28(57-41(68)26-64-42(69)14-15-43(64)70)47(74)58-29(2)48(75)61-37(23-39(55)66)50(77)60-35(49(76)56-19-17-40(67)59-36(51(78)79)13-16-45(72)73)18-20-63(44(71)27-65)46(52(3,4)5)38-21-31(33-22-32(53)11-12-34(33)54)25-62(38)24-30-9-7-6-8-10-30/h6-12,14-15,21-22,25,28-29,35-37,46,65H,13,16-20,23-24,26-27H2,1-5H3,(H2,55,66)(H,56,76)(H,57,68)(H,58,74)(H,59,67)(H,60,77)(H,61,75)(H,72,73)(H,78,79)/t28-,29-,35+,36+,37+,46+/m1/s1. The van der Waals surface area contributed by atoms with E-state index >= 15 is 4.39 Å². The quantitative estimate of drug-likeness (QED) is 0.0392. The third-order valence-corrected chi connectivity index (χ3v) is 12.2. The molecule has 0 bridgehead atoms. The number of carboxylic acids is 2. The van der Waals surface area contributed by atoms with Crippen molar-refractivity contribution in [3.63, 3.8) is 0 Å². The molecule has 79 heavy (non-hydrogen) atoms. The SMILES string of the molecule is C[C@@H](NC(=O)CN1C(=O)C=CC1=O)C(=O)N[C@H](C)C(=O)N[C@@H](CC(N)=O)C(=O)N[C@@H](CCN(C(=O)CO)[C@@H](c1cc(-c2cc(F)ccc2F)cn1Cc1ccccc1)C(C)(C)C)C(=O)NCCC(=O)N[C@@H](CCC(=O)O)C(=O)O. The monoisotopic (exact) mass is 1110 g/mol. The Bertz CT molecular complexity index is 2820. The van der Waals surface area contributed by atoms with Crippen molar-refractivity contribution >= 4 is 71.0 Å². The second-order valence-electron chi connectivity index (χ2n) is 19.5. The number of benzene rings is 2. The van der Waals surface area contributed by atoms with Gasteiger partial charge in [-0.25, -0.2) is 13.6 Å². The van der Waals surface area contributed by atoms with Gasteiger partial charge in [-0.2, -0.15) is 0 Å². The van der Waals surface area contributed by atoms with E-state index in [2.05, 4.69) is 31.9 Å². The second-order valence-corrected chi connectivity index (χ2v) is 19.5. The molecule has 0 fully saturated rings. The molecular weight excluding hydrogens is 1040 g/mol. The van der Waals surface area contributed by atoms with E-state index in [1.54, 1.807) is 55.8 Å². The minimum absolute atomic E-state index is 0.106. The van der Waals surface area contributed by atoms with Gasteiger partial charge in [0, 0.05) is 67.6 Å². The predicted molar refractivity (Wildman–Crippen MR) is 274 cm³/mol. The Hall–Kier alpha value is -8.88. The van der Waals surface area contributed by atoms with Crippen LogP contribution < -0.4 is 37.6 Å². The summed E-state index contributed by atoms with van der Waals surface area (Å²) in [5.41, 5.74) is 5.76. The van der Waals surface area contributed by atoms with E-state index in [1.165, 1.54) is 18.7 Å². The van der Waals surface area contributed by atoms with Gasteiger partial charge < -0.3 is 62.4 Å². The number of nitrogens with zero attached hydrogens (tertiary/aromatic N) is 3. The first kappa shape index (κ1) is 62.7. The maximum atomic E-state index is 15.4. The maximum Gasteiger partial charge on any atom is 0.326 e. The molecule has 4 rings (SSSR count). The molecule has 426 valence electrons. The van der Waals surface area contributed by atoms with Crippen molar-refractivity contribution in [1.29, 1.82) is 0 Å². The molecule has 1 aliphatic heterocycles. The lowest BCUT2D eigenvalue weighted by molar-refractivity contribution is -0.143. The van der Waals surface area contributed by atoms with Gasteiger partial charge in [0.25, 0.3) is 11.8 Å². The number of carboxylic acid groups (broad SMARTS) is 2. The highest BCUT2D eigenvalue weighted by Crippen LogP contribution is 2.41. The number of amides is 10. The molecular formula is C52H64F2N10O15. The third kappa shape index (κ3) is 18.7. The number of hydrogen-bond donors (Lipinski definition) is 10. The summed E-state index contributed by atoms with van der Waals surface area (Å²) in [6.07, 6.45) is 0.458. The number of carbonyl (C=O) groups excluding carboxylic acids is 10. The number of carbonyl (C=O) groups is 12. The first-order valence-corrected chi connectivity index (χ1v) is 24.7. The second kappa shape index (κ2) is 28.5. The first-order valence-electron chi connectivity index (χ1n) is 24.7. The normalized spacial score (nSPS) is 14.4. The molecule has 0 saturated carbocycles. The van der Waals surface area contributed by atoms with E-state index in [4.69, 9.17) is 10.8 Å². The Morgan fingerprint density at radius 1 is 0.722 bits per heavy atom. The van der Waals surface area contributed by atoms with E-state index in [-0.39, 0.29) is 17.7 Å². The molecule has 0 saturated heterocycles. The Balaban J connectivity index is 1.66. The summed E-state index contributed by atoms with van der Waals surface area (Å²) in [4.78, 5) is 155. The van der Waals surface area contributed by atoms with E-state index in [0.29, 0.717) is 10.6 Å². The fourth-order valence-corrected chi connectivity index (χ4v) is 8.32. The Labute approximate surface area is 451 Å². The molecule has 6 atom stereocenters. The van der Waals surface area contributed by atoms with Crippen molar-refractivity contribution in [3.05, 3.63) is 95.8 Å². The largest absolute Gasteiger partial charge is 0.481 e. The van der Waals surface area contributed by atoms with E-state index in [1.807, 2.05) is 12.1 Å². The number of aliphatic hydroxyl groups is 1. The van der Waals surface area contributed by atoms with Crippen molar-refractivity contribution in [2.24, 2.45) is 11.1 Å². The number of aromatic nitrogens is 1. The number of aliphatic carboxylic acids is 2. The van der Waals surface area contributed by atoms with Crippen LogP contribution in [0.3, 0.4) is 0 Å². The van der Waals surface area contributed by atoms with Crippen LogP contribution in [0.2, 0.25) is 0 Å². The number of halogens is 2. The average Bonchev–Trinajstić information content (AvgIpc) is 4.03. The smallest absolute Gasteiger partial charge is 0.326 e. The third-order valence-electron chi connectivity index (χ3n) is 12.2. The maximum absolute atomic E-state index is 15.4. The Morgan fingerprint density at radius 2 is 1.34 bits per heavy atom. The van der Waals surface area contributed by atoms with Gasteiger partial charge in [-0.3, -0.25) is 57.6 Å². The van der Waals surface area contributed by atoms with Crippen LogP contribution in [0.5, 0.6) is 0 Å². The van der Waals surface area contributed by atoms with Gasteiger partial charge in [0.15, 0.2) is 0 Å². The van der Waals surface area contributed by atoms with E-state index in [9.17, 15) is 72.1 Å². The average molecular weight is 1110 g/mol. The molecule has 2 heterocycles. The number of nitrogens with one attached hydrogen (secondary N) is 6. The predicted octanol–water partition coefficient (Wildman–Crippen LogP) is -0.500. The molecule has 1 aliphatic rings. The topological polar surface area (TPSA) is 375 Å². The summed E-state index contributed by atoms with van der Waals surface area (Å²) >= 11 is 0. The number of hydrogen-bond acceptors (Lipinski definition) is 13. The molecule has 2 aromatic carbocycles. The molecule has 1 aromatic heterocycles. The number of nitrogens with two attached hydrogens (primary N) is 1. The summed E-state index contributed by atoms with van der Waals surface area (Å²) in [5, 5.41) is 42.9. The first-order chi connectivity index (χ1) is 37.1. The minimum atomic E-state index is -1.86. The van der Waals surface area contributed by atoms with Crippen molar-refractivity contribution in [2.45, 2.75) is 110 Å². The van der Waals surface area contributed by atoms with Crippen LogP contribution in [0.4, 0.5) is 8.78 Å². The van der Waals surface area contributed by atoms with E-state index < -0.39 is 183 Å². The molecule has 0 radical (unpaired) electrons. The van der Waals surface area contributed by atoms with Gasteiger partial charge in [0.2, 0.25) is 47.3 Å². The van der Waals surface area contributed by atoms with Crippen LogP contribution in [0.1, 0.15) is 84.0 Å².